The first-order valence-corrected chi connectivity index (χ1v) is 2.00. The molecule has 0 saturated heterocycles. The average Bonchev–Trinajstić information content (AvgIpc) is 1.50. The molecule has 0 fully saturated rings. The van der Waals surface area contributed by atoms with Gasteiger partial charge in [0.15, 0.2) is 0 Å². The van der Waals surface area contributed by atoms with Crippen molar-refractivity contribution in [2.75, 3.05) is 0 Å². The van der Waals surface area contributed by atoms with E-state index in [1.54, 1.807) is 0 Å². The van der Waals surface area contributed by atoms with Crippen LogP contribution in [0.25, 0.3) is 0 Å². The summed E-state index contributed by atoms with van der Waals surface area (Å²) < 4.78 is 0. The molecule has 0 aliphatic heterocycles. The normalized spacial score (nSPS) is 2.00. The molecule has 0 aromatic rings. The quantitative estimate of drug-likeness (QED) is 0.273. The second-order valence-corrected chi connectivity index (χ2v) is 0. The SMILES string of the molecule is CC.CC.[CH3-].[Li+]. The molecule has 0 rings (SSSR count). The average molecular weight is 82.1 g/mol. The fourth-order valence-corrected chi connectivity index (χ4v) is 0. The minimum absolute atomic E-state index is 0. The van der Waals surface area contributed by atoms with Crippen LogP contribution >= 0.6 is 0 Å². The van der Waals surface area contributed by atoms with Crippen LogP contribution in [-0.2, 0) is 0 Å². The minimum Gasteiger partial charge on any atom is -0.358 e. The van der Waals surface area contributed by atoms with Crippen molar-refractivity contribution in [3.63, 3.8) is 0 Å². The first-order valence-electron chi connectivity index (χ1n) is 2.00. The summed E-state index contributed by atoms with van der Waals surface area (Å²) in [5.74, 6) is 0. The Hall–Kier alpha value is 0.597. The summed E-state index contributed by atoms with van der Waals surface area (Å²) in [7, 11) is 0. The minimum atomic E-state index is 0. The van der Waals surface area contributed by atoms with Crippen LogP contribution in [0.2, 0.25) is 0 Å². The molecule has 0 spiro atoms. The third-order valence-corrected chi connectivity index (χ3v) is 0. The molecule has 0 bridgehead atoms. The van der Waals surface area contributed by atoms with Crippen LogP contribution in [0.5, 0.6) is 0 Å². The Bertz CT molecular complexity index is 3.90. The van der Waals surface area contributed by atoms with Crippen LogP contribution in [0.1, 0.15) is 27.7 Å². The Morgan fingerprint density at radius 1 is 0.667 bits per heavy atom. The van der Waals surface area contributed by atoms with E-state index in [2.05, 4.69) is 0 Å². The summed E-state index contributed by atoms with van der Waals surface area (Å²) in [6.07, 6.45) is 0. The molecule has 0 aliphatic carbocycles. The van der Waals surface area contributed by atoms with Crippen molar-refractivity contribution in [2.45, 2.75) is 27.7 Å². The molecule has 0 N–H and O–H groups in total. The summed E-state index contributed by atoms with van der Waals surface area (Å²) in [4.78, 5) is 0. The van der Waals surface area contributed by atoms with Crippen molar-refractivity contribution in [1.29, 1.82) is 0 Å². The van der Waals surface area contributed by atoms with Crippen LogP contribution in [-0.4, -0.2) is 0 Å². The fourth-order valence-electron chi connectivity index (χ4n) is 0. The number of rotatable bonds is 0. The van der Waals surface area contributed by atoms with E-state index in [1.165, 1.54) is 0 Å². The molecule has 0 atom stereocenters. The fraction of sp³-hybridized carbons (Fsp3) is 0.800. The van der Waals surface area contributed by atoms with Crippen LogP contribution in [0, 0.1) is 7.43 Å². The van der Waals surface area contributed by atoms with Gasteiger partial charge in [-0.15, -0.1) is 0 Å². The molecule has 0 aliphatic rings. The van der Waals surface area contributed by atoms with Gasteiger partial charge in [0, 0.05) is 0 Å². The van der Waals surface area contributed by atoms with Crippen molar-refractivity contribution in [2.24, 2.45) is 0 Å². The maximum atomic E-state index is 2.00. The number of hydrogen-bond donors (Lipinski definition) is 0. The second kappa shape index (κ2) is 331. The van der Waals surface area contributed by atoms with Gasteiger partial charge in [-0.05, 0) is 0 Å². The van der Waals surface area contributed by atoms with Crippen LogP contribution < -0.4 is 18.9 Å². The Kier molecular flexibility index (Phi) is 1690. The predicted octanol–water partition coefficient (Wildman–Crippen LogP) is -0.493. The molecular weight excluding hydrogens is 67.0 g/mol. The molecule has 0 amide bonds. The molecule has 0 nitrogen and oxygen atoms in total. The van der Waals surface area contributed by atoms with Crippen molar-refractivity contribution in [3.8, 4) is 0 Å². The molecule has 0 saturated carbocycles. The molecule has 0 radical (unpaired) electrons. The molecule has 36 valence electrons. The summed E-state index contributed by atoms with van der Waals surface area (Å²) in [6.45, 7) is 8.00. The van der Waals surface area contributed by atoms with Gasteiger partial charge >= 0.3 is 18.9 Å². The van der Waals surface area contributed by atoms with E-state index < -0.39 is 0 Å². The van der Waals surface area contributed by atoms with E-state index in [-0.39, 0.29) is 26.3 Å². The van der Waals surface area contributed by atoms with E-state index in [9.17, 15) is 0 Å². The van der Waals surface area contributed by atoms with Gasteiger partial charge < -0.3 is 7.43 Å². The van der Waals surface area contributed by atoms with Gasteiger partial charge in [0.05, 0.1) is 0 Å². The summed E-state index contributed by atoms with van der Waals surface area (Å²) >= 11 is 0. The maximum Gasteiger partial charge on any atom is 1.00 e. The third kappa shape index (κ3) is 167. The Morgan fingerprint density at radius 2 is 0.667 bits per heavy atom. The second-order valence-electron chi connectivity index (χ2n) is 0. The topological polar surface area (TPSA) is 0 Å². The summed E-state index contributed by atoms with van der Waals surface area (Å²) in [5, 5.41) is 0. The van der Waals surface area contributed by atoms with E-state index in [0.717, 1.165) is 0 Å². The van der Waals surface area contributed by atoms with Gasteiger partial charge in [-0.1, -0.05) is 27.7 Å². The van der Waals surface area contributed by atoms with E-state index >= 15 is 0 Å². The van der Waals surface area contributed by atoms with E-state index in [1.807, 2.05) is 27.7 Å². The monoisotopic (exact) mass is 82.1 g/mol. The molecule has 1 heteroatoms. The summed E-state index contributed by atoms with van der Waals surface area (Å²) in [6, 6.07) is 0. The molecule has 0 aromatic heterocycles. The Morgan fingerprint density at radius 3 is 0.667 bits per heavy atom. The van der Waals surface area contributed by atoms with Crippen molar-refractivity contribution >= 4 is 0 Å². The van der Waals surface area contributed by atoms with Gasteiger partial charge in [-0.25, -0.2) is 0 Å². The van der Waals surface area contributed by atoms with Gasteiger partial charge in [-0.2, -0.15) is 0 Å². The van der Waals surface area contributed by atoms with Crippen LogP contribution in [0.3, 0.4) is 0 Å². The third-order valence-electron chi connectivity index (χ3n) is 0. The standard InChI is InChI=1S/2C2H6.CH3.Li/c2*1-2;;/h2*1-2H3;1H3;/q;;-1;+1. The maximum absolute atomic E-state index is 2.00. The molecular formula is C5H15Li. The zero-order valence-electron chi connectivity index (χ0n) is 6.00. The van der Waals surface area contributed by atoms with Crippen LogP contribution in [0.4, 0.5) is 0 Å². The number of hydrogen-bond acceptors (Lipinski definition) is 0. The molecule has 0 unspecified atom stereocenters. The van der Waals surface area contributed by atoms with E-state index in [4.69, 9.17) is 0 Å². The zero-order valence-corrected chi connectivity index (χ0v) is 6.00. The predicted molar refractivity (Wildman–Crippen MR) is 29.1 cm³/mol. The molecule has 6 heavy (non-hydrogen) atoms. The molecule has 0 aromatic carbocycles. The molecule has 0 heterocycles. The smallest absolute Gasteiger partial charge is 0.358 e. The van der Waals surface area contributed by atoms with Crippen LogP contribution in [0.15, 0.2) is 0 Å². The van der Waals surface area contributed by atoms with Crippen molar-refractivity contribution in [1.82, 2.24) is 0 Å². The van der Waals surface area contributed by atoms with Gasteiger partial charge in [0.2, 0.25) is 0 Å². The van der Waals surface area contributed by atoms with Gasteiger partial charge in [-0.3, -0.25) is 0 Å². The van der Waals surface area contributed by atoms with Crippen molar-refractivity contribution < 1.29 is 18.9 Å². The zero-order chi connectivity index (χ0) is 4.00. The largest absolute Gasteiger partial charge is 1.00 e. The Labute approximate surface area is 54.5 Å². The van der Waals surface area contributed by atoms with E-state index in [0.29, 0.717) is 0 Å². The van der Waals surface area contributed by atoms with Gasteiger partial charge in [0.25, 0.3) is 0 Å². The summed E-state index contributed by atoms with van der Waals surface area (Å²) in [5.41, 5.74) is 0. The Balaban J connectivity index is -0.00000000500. The van der Waals surface area contributed by atoms with Gasteiger partial charge in [0.1, 0.15) is 0 Å². The first kappa shape index (κ1) is 30.6. The van der Waals surface area contributed by atoms with Crippen molar-refractivity contribution in [3.05, 3.63) is 7.43 Å². The first-order chi connectivity index (χ1) is 2.00.